The summed E-state index contributed by atoms with van der Waals surface area (Å²) in [7, 11) is -3.32. The lowest BCUT2D eigenvalue weighted by Crippen LogP contribution is -2.27. The molecule has 1 aliphatic heterocycles. The van der Waals surface area contributed by atoms with Crippen LogP contribution < -0.4 is 10.1 Å². The van der Waals surface area contributed by atoms with Crippen LogP contribution in [0.4, 0.5) is 0 Å². The quantitative estimate of drug-likeness (QED) is 0.744. The van der Waals surface area contributed by atoms with Gasteiger partial charge in [0.2, 0.25) is 10.0 Å². The Morgan fingerprint density at radius 3 is 2.48 bits per heavy atom. The summed E-state index contributed by atoms with van der Waals surface area (Å²) in [6, 6.07) is 6.73. The number of hydrogen-bond acceptors (Lipinski definition) is 4. The molecule has 0 spiro atoms. The minimum atomic E-state index is -3.32. The van der Waals surface area contributed by atoms with Crippen LogP contribution in [0.1, 0.15) is 26.2 Å². The van der Waals surface area contributed by atoms with E-state index in [1.807, 2.05) is 0 Å². The lowest BCUT2D eigenvalue weighted by Gasteiger charge is -2.15. The van der Waals surface area contributed by atoms with Crippen molar-refractivity contribution < 1.29 is 13.2 Å². The molecule has 5 nitrogen and oxygen atoms in total. The highest BCUT2D eigenvalue weighted by atomic mass is 32.2. The summed E-state index contributed by atoms with van der Waals surface area (Å²) in [6.45, 7) is 5.85. The van der Waals surface area contributed by atoms with Crippen LogP contribution in [0.25, 0.3) is 0 Å². The van der Waals surface area contributed by atoms with Crippen molar-refractivity contribution >= 4 is 10.0 Å². The fourth-order valence-electron chi connectivity index (χ4n) is 2.35. The van der Waals surface area contributed by atoms with Crippen molar-refractivity contribution in [1.82, 2.24) is 9.62 Å². The Balaban J connectivity index is 1.89. The molecule has 1 heterocycles. The minimum Gasteiger partial charge on any atom is -0.494 e. The molecule has 0 atom stereocenters. The van der Waals surface area contributed by atoms with E-state index < -0.39 is 10.0 Å². The molecule has 1 aliphatic rings. The largest absolute Gasteiger partial charge is 0.494 e. The zero-order valence-corrected chi connectivity index (χ0v) is 13.4. The van der Waals surface area contributed by atoms with Gasteiger partial charge >= 0.3 is 0 Å². The first-order valence-corrected chi connectivity index (χ1v) is 9.02. The molecular weight excluding hydrogens is 288 g/mol. The summed E-state index contributed by atoms with van der Waals surface area (Å²) in [4.78, 5) is 0.351. The van der Waals surface area contributed by atoms with Crippen molar-refractivity contribution in [3.05, 3.63) is 24.3 Å². The predicted molar refractivity (Wildman–Crippen MR) is 83.1 cm³/mol. The number of hydrogen-bond donors (Lipinski definition) is 1. The Kier molecular flexibility index (Phi) is 6.02. The smallest absolute Gasteiger partial charge is 0.243 e. The van der Waals surface area contributed by atoms with E-state index in [0.29, 0.717) is 30.3 Å². The second-order valence-electron chi connectivity index (χ2n) is 5.14. The van der Waals surface area contributed by atoms with E-state index in [-0.39, 0.29) is 0 Å². The van der Waals surface area contributed by atoms with Gasteiger partial charge in [-0.25, -0.2) is 8.42 Å². The summed E-state index contributed by atoms with van der Waals surface area (Å²) in [6.07, 6.45) is 2.83. The molecule has 0 unspecified atom stereocenters. The van der Waals surface area contributed by atoms with Gasteiger partial charge in [-0.1, -0.05) is 6.92 Å². The lowest BCUT2D eigenvalue weighted by molar-refractivity contribution is 0.308. The van der Waals surface area contributed by atoms with E-state index in [0.717, 1.165) is 32.4 Å². The first-order valence-electron chi connectivity index (χ1n) is 7.58. The zero-order chi connectivity index (χ0) is 15.1. The van der Waals surface area contributed by atoms with Crippen molar-refractivity contribution in [1.29, 1.82) is 0 Å². The average Bonchev–Trinajstić information content (AvgIpc) is 3.02. The molecule has 6 heteroatoms. The minimum absolute atomic E-state index is 0.351. The Hall–Kier alpha value is -1.11. The molecule has 0 radical (unpaired) electrons. The van der Waals surface area contributed by atoms with E-state index in [9.17, 15) is 8.42 Å². The average molecular weight is 312 g/mol. The fraction of sp³-hybridized carbons (Fsp3) is 0.600. The van der Waals surface area contributed by atoms with E-state index in [1.54, 1.807) is 28.6 Å². The number of sulfonamides is 1. The molecule has 1 saturated heterocycles. The van der Waals surface area contributed by atoms with E-state index in [1.165, 1.54) is 0 Å². The first kappa shape index (κ1) is 16.3. The van der Waals surface area contributed by atoms with Gasteiger partial charge in [0.15, 0.2) is 0 Å². The molecule has 1 aromatic rings. The van der Waals surface area contributed by atoms with Crippen LogP contribution in [0.3, 0.4) is 0 Å². The van der Waals surface area contributed by atoms with Crippen LogP contribution in [0.5, 0.6) is 5.75 Å². The van der Waals surface area contributed by atoms with Crippen molar-refractivity contribution in [2.24, 2.45) is 0 Å². The normalized spacial score (nSPS) is 16.2. The topological polar surface area (TPSA) is 58.6 Å². The van der Waals surface area contributed by atoms with Gasteiger partial charge < -0.3 is 10.1 Å². The molecule has 0 aromatic heterocycles. The highest BCUT2D eigenvalue weighted by molar-refractivity contribution is 7.89. The van der Waals surface area contributed by atoms with E-state index in [4.69, 9.17) is 4.74 Å². The Morgan fingerprint density at radius 1 is 1.19 bits per heavy atom. The van der Waals surface area contributed by atoms with Gasteiger partial charge in [-0.2, -0.15) is 4.31 Å². The Labute approximate surface area is 127 Å². The van der Waals surface area contributed by atoms with Crippen molar-refractivity contribution in [2.45, 2.75) is 31.1 Å². The number of rotatable bonds is 8. The third kappa shape index (κ3) is 4.43. The summed E-state index contributed by atoms with van der Waals surface area (Å²) in [5.41, 5.74) is 0. The summed E-state index contributed by atoms with van der Waals surface area (Å²) < 4.78 is 31.9. The lowest BCUT2D eigenvalue weighted by atomic mass is 10.3. The second kappa shape index (κ2) is 7.77. The van der Waals surface area contributed by atoms with Gasteiger partial charge in [0.1, 0.15) is 5.75 Å². The number of benzene rings is 1. The molecule has 2 rings (SSSR count). The maximum atomic E-state index is 12.4. The number of nitrogens with one attached hydrogen (secondary N) is 1. The maximum Gasteiger partial charge on any atom is 0.243 e. The molecule has 1 aromatic carbocycles. The third-order valence-corrected chi connectivity index (χ3v) is 5.46. The molecular formula is C15H24N2O3S. The maximum absolute atomic E-state index is 12.4. The summed E-state index contributed by atoms with van der Waals surface area (Å²) in [5, 5.41) is 3.23. The number of ether oxygens (including phenoxy) is 1. The van der Waals surface area contributed by atoms with Crippen LogP contribution in [0.2, 0.25) is 0 Å². The summed E-state index contributed by atoms with van der Waals surface area (Å²) >= 11 is 0. The van der Waals surface area contributed by atoms with Gasteiger partial charge in [-0.3, -0.25) is 0 Å². The Bertz CT molecular complexity index is 522. The van der Waals surface area contributed by atoms with Gasteiger partial charge in [-0.05, 0) is 56.6 Å². The standard InChI is InChI=1S/C15H24N2O3S/c1-2-16-10-5-13-20-14-6-8-15(9-7-14)21(18,19)17-11-3-4-12-17/h6-9,16H,2-5,10-13H2,1H3. The van der Waals surface area contributed by atoms with Gasteiger partial charge in [0.25, 0.3) is 0 Å². The number of nitrogens with zero attached hydrogens (tertiary/aromatic N) is 1. The molecule has 0 amide bonds. The van der Waals surface area contributed by atoms with Crippen molar-refractivity contribution in [2.75, 3.05) is 32.8 Å². The summed E-state index contributed by atoms with van der Waals surface area (Å²) in [5.74, 6) is 0.715. The molecule has 1 fully saturated rings. The second-order valence-corrected chi connectivity index (χ2v) is 7.08. The van der Waals surface area contributed by atoms with Crippen LogP contribution in [-0.4, -0.2) is 45.5 Å². The Morgan fingerprint density at radius 2 is 1.86 bits per heavy atom. The van der Waals surface area contributed by atoms with E-state index in [2.05, 4.69) is 12.2 Å². The molecule has 0 bridgehead atoms. The van der Waals surface area contributed by atoms with E-state index >= 15 is 0 Å². The molecule has 21 heavy (non-hydrogen) atoms. The monoisotopic (exact) mass is 312 g/mol. The van der Waals surface area contributed by atoms with Crippen LogP contribution >= 0.6 is 0 Å². The SMILES string of the molecule is CCNCCCOc1ccc(S(=O)(=O)N2CCCC2)cc1. The van der Waals surface area contributed by atoms with Gasteiger partial charge in [0, 0.05) is 13.1 Å². The fourth-order valence-corrected chi connectivity index (χ4v) is 3.87. The first-order chi connectivity index (χ1) is 10.1. The predicted octanol–water partition coefficient (Wildman–Crippen LogP) is 1.85. The van der Waals surface area contributed by atoms with Crippen molar-refractivity contribution in [3.8, 4) is 5.75 Å². The van der Waals surface area contributed by atoms with Crippen LogP contribution in [-0.2, 0) is 10.0 Å². The van der Waals surface area contributed by atoms with Crippen LogP contribution in [0, 0.1) is 0 Å². The molecule has 0 saturated carbocycles. The highest BCUT2D eigenvalue weighted by Crippen LogP contribution is 2.22. The van der Waals surface area contributed by atoms with Crippen molar-refractivity contribution in [3.63, 3.8) is 0 Å². The highest BCUT2D eigenvalue weighted by Gasteiger charge is 2.26. The van der Waals surface area contributed by atoms with Gasteiger partial charge in [0.05, 0.1) is 11.5 Å². The molecule has 0 aliphatic carbocycles. The molecule has 118 valence electrons. The molecule has 1 N–H and O–H groups in total. The zero-order valence-electron chi connectivity index (χ0n) is 12.5. The third-order valence-electron chi connectivity index (χ3n) is 3.54. The van der Waals surface area contributed by atoms with Crippen LogP contribution in [0.15, 0.2) is 29.2 Å². The van der Waals surface area contributed by atoms with Gasteiger partial charge in [-0.15, -0.1) is 0 Å².